The second-order valence-electron chi connectivity index (χ2n) is 7.60. The van der Waals surface area contributed by atoms with Crippen molar-refractivity contribution in [3.8, 4) is 0 Å². The number of rotatable bonds is 8. The van der Waals surface area contributed by atoms with E-state index in [0.29, 0.717) is 19.5 Å². The average Bonchev–Trinajstić information content (AvgIpc) is 3.16. The Morgan fingerprint density at radius 1 is 1.13 bits per heavy atom. The predicted octanol–water partition coefficient (Wildman–Crippen LogP) is 4.09. The van der Waals surface area contributed by atoms with Crippen molar-refractivity contribution < 1.29 is 4.79 Å². The van der Waals surface area contributed by atoms with E-state index >= 15 is 0 Å². The van der Waals surface area contributed by atoms with Gasteiger partial charge in [-0.15, -0.1) is 11.8 Å². The minimum absolute atomic E-state index is 0.267. The molecule has 1 amide bonds. The Labute approximate surface area is 184 Å². The van der Waals surface area contributed by atoms with Crippen molar-refractivity contribution >= 4 is 23.6 Å². The van der Waals surface area contributed by atoms with E-state index in [0.717, 1.165) is 37.6 Å². The van der Waals surface area contributed by atoms with Gasteiger partial charge in [-0.3, -0.25) is 4.79 Å². The monoisotopic (exact) mass is 424 g/mol. The minimum Gasteiger partial charge on any atom is -0.357 e. The highest BCUT2D eigenvalue weighted by Gasteiger charge is 2.19. The lowest BCUT2D eigenvalue weighted by Gasteiger charge is -2.15. The van der Waals surface area contributed by atoms with E-state index in [2.05, 4.69) is 73.2 Å². The van der Waals surface area contributed by atoms with E-state index in [1.54, 1.807) is 11.8 Å². The van der Waals surface area contributed by atoms with E-state index in [1.165, 1.54) is 21.6 Å². The number of amides is 1. The Morgan fingerprint density at radius 2 is 1.90 bits per heavy atom. The third-order valence-electron chi connectivity index (χ3n) is 5.22. The first-order chi connectivity index (χ1) is 14.6. The third kappa shape index (κ3) is 6.26. The predicted molar refractivity (Wildman–Crippen MR) is 126 cm³/mol. The van der Waals surface area contributed by atoms with Gasteiger partial charge in [-0.05, 0) is 54.8 Å². The Balaban J connectivity index is 1.58. The Kier molecular flexibility index (Phi) is 8.20. The van der Waals surface area contributed by atoms with E-state index in [4.69, 9.17) is 4.99 Å². The molecule has 1 heterocycles. The van der Waals surface area contributed by atoms with Gasteiger partial charge in [0.05, 0.1) is 6.54 Å². The normalized spacial score (nSPS) is 14.3. The van der Waals surface area contributed by atoms with Crippen LogP contribution >= 0.6 is 11.8 Å². The molecular formula is C24H32N4OS. The largest absolute Gasteiger partial charge is 0.357 e. The molecule has 1 saturated heterocycles. The number of hydrogen-bond acceptors (Lipinski definition) is 3. The molecular weight excluding hydrogens is 392 g/mol. The van der Waals surface area contributed by atoms with Crippen molar-refractivity contribution in [2.75, 3.05) is 19.3 Å². The first-order valence-electron chi connectivity index (χ1n) is 10.6. The van der Waals surface area contributed by atoms with Gasteiger partial charge in [0.2, 0.25) is 5.91 Å². The Morgan fingerprint density at radius 3 is 2.57 bits per heavy atom. The summed E-state index contributed by atoms with van der Waals surface area (Å²) in [5, 5.41) is 6.77. The number of benzene rings is 2. The van der Waals surface area contributed by atoms with Gasteiger partial charge in [-0.1, -0.05) is 36.4 Å². The zero-order valence-corrected chi connectivity index (χ0v) is 19.0. The highest BCUT2D eigenvalue weighted by molar-refractivity contribution is 7.98. The fourth-order valence-electron chi connectivity index (χ4n) is 3.53. The van der Waals surface area contributed by atoms with Crippen molar-refractivity contribution in [3.05, 3.63) is 64.7 Å². The molecule has 1 aliphatic rings. The summed E-state index contributed by atoms with van der Waals surface area (Å²) in [6, 6.07) is 15.0. The van der Waals surface area contributed by atoms with Gasteiger partial charge in [0.1, 0.15) is 0 Å². The first kappa shape index (κ1) is 22.2. The SMILES string of the molecule is CCNC(=NCc1ccc(CN2CCCC2=O)cc1)NCc1ccc(C)cc1SC. The van der Waals surface area contributed by atoms with E-state index < -0.39 is 0 Å². The van der Waals surface area contributed by atoms with Gasteiger partial charge in [0.15, 0.2) is 5.96 Å². The fraction of sp³-hybridized carbons (Fsp3) is 0.417. The standard InChI is InChI=1S/C24H32N4OS/c1-4-25-24(27-16-21-12-7-18(2)14-22(21)30-3)26-15-19-8-10-20(11-9-19)17-28-13-5-6-23(28)29/h7-12,14H,4-6,13,15-17H2,1-3H3,(H2,25,26,27). The van der Waals surface area contributed by atoms with Gasteiger partial charge >= 0.3 is 0 Å². The van der Waals surface area contributed by atoms with Crippen LogP contribution in [0, 0.1) is 6.92 Å². The molecule has 6 heteroatoms. The average molecular weight is 425 g/mol. The van der Waals surface area contributed by atoms with Crippen LogP contribution in [0.25, 0.3) is 0 Å². The summed E-state index contributed by atoms with van der Waals surface area (Å²) in [6.07, 6.45) is 3.78. The number of aliphatic imine (C=N–C) groups is 1. The van der Waals surface area contributed by atoms with Crippen LogP contribution in [0.3, 0.4) is 0 Å². The lowest BCUT2D eigenvalue weighted by molar-refractivity contribution is -0.128. The van der Waals surface area contributed by atoms with Crippen LogP contribution in [0.5, 0.6) is 0 Å². The molecule has 0 spiro atoms. The summed E-state index contributed by atoms with van der Waals surface area (Å²) in [6.45, 7) is 7.95. The number of guanidine groups is 1. The first-order valence-corrected chi connectivity index (χ1v) is 11.8. The molecule has 0 radical (unpaired) electrons. The number of carbonyl (C=O) groups excluding carboxylic acids is 1. The fourth-order valence-corrected chi connectivity index (χ4v) is 4.24. The van der Waals surface area contributed by atoms with Crippen LogP contribution in [0.4, 0.5) is 0 Å². The Hall–Kier alpha value is -2.47. The molecule has 0 saturated carbocycles. The van der Waals surface area contributed by atoms with Crippen molar-refractivity contribution in [1.82, 2.24) is 15.5 Å². The van der Waals surface area contributed by atoms with Gasteiger partial charge in [0.25, 0.3) is 0 Å². The van der Waals surface area contributed by atoms with Crippen LogP contribution in [-0.4, -0.2) is 36.1 Å². The molecule has 0 unspecified atom stereocenters. The molecule has 1 fully saturated rings. The maximum atomic E-state index is 11.8. The second-order valence-corrected chi connectivity index (χ2v) is 8.45. The summed E-state index contributed by atoms with van der Waals surface area (Å²) >= 11 is 1.77. The molecule has 5 nitrogen and oxygen atoms in total. The highest BCUT2D eigenvalue weighted by Crippen LogP contribution is 2.21. The van der Waals surface area contributed by atoms with Crippen molar-refractivity contribution in [2.45, 2.75) is 51.2 Å². The number of likely N-dealkylation sites (tertiary alicyclic amines) is 1. The molecule has 0 aliphatic carbocycles. The maximum Gasteiger partial charge on any atom is 0.222 e. The zero-order valence-electron chi connectivity index (χ0n) is 18.2. The van der Waals surface area contributed by atoms with Gasteiger partial charge in [0, 0.05) is 37.5 Å². The van der Waals surface area contributed by atoms with Crippen LogP contribution < -0.4 is 10.6 Å². The highest BCUT2D eigenvalue weighted by atomic mass is 32.2. The van der Waals surface area contributed by atoms with Crippen molar-refractivity contribution in [2.24, 2.45) is 4.99 Å². The molecule has 2 aromatic carbocycles. The summed E-state index contributed by atoms with van der Waals surface area (Å²) in [5.41, 5.74) is 4.89. The lowest BCUT2D eigenvalue weighted by Crippen LogP contribution is -2.36. The van der Waals surface area contributed by atoms with Crippen molar-refractivity contribution in [1.29, 1.82) is 0 Å². The van der Waals surface area contributed by atoms with Crippen LogP contribution in [0.1, 0.15) is 42.0 Å². The summed E-state index contributed by atoms with van der Waals surface area (Å²) < 4.78 is 0. The molecule has 160 valence electrons. The summed E-state index contributed by atoms with van der Waals surface area (Å²) in [5.74, 6) is 1.08. The smallest absolute Gasteiger partial charge is 0.222 e. The topological polar surface area (TPSA) is 56.7 Å². The van der Waals surface area contributed by atoms with Crippen molar-refractivity contribution in [3.63, 3.8) is 0 Å². The van der Waals surface area contributed by atoms with Gasteiger partial charge in [-0.2, -0.15) is 0 Å². The molecule has 0 atom stereocenters. The van der Waals surface area contributed by atoms with Gasteiger partial charge in [-0.25, -0.2) is 4.99 Å². The van der Waals surface area contributed by atoms with Crippen LogP contribution in [0.2, 0.25) is 0 Å². The quantitative estimate of drug-likeness (QED) is 0.381. The summed E-state index contributed by atoms with van der Waals surface area (Å²) in [7, 11) is 0. The van der Waals surface area contributed by atoms with Crippen LogP contribution in [0.15, 0.2) is 52.4 Å². The number of nitrogens with one attached hydrogen (secondary N) is 2. The summed E-state index contributed by atoms with van der Waals surface area (Å²) in [4.78, 5) is 19.8. The lowest BCUT2D eigenvalue weighted by atomic mass is 10.1. The van der Waals surface area contributed by atoms with E-state index in [9.17, 15) is 4.79 Å². The second kappa shape index (κ2) is 11.1. The molecule has 2 N–H and O–H groups in total. The molecule has 1 aliphatic heterocycles. The number of hydrogen-bond donors (Lipinski definition) is 2. The third-order valence-corrected chi connectivity index (χ3v) is 6.04. The van der Waals surface area contributed by atoms with E-state index in [-0.39, 0.29) is 5.91 Å². The number of nitrogens with zero attached hydrogens (tertiary/aromatic N) is 2. The molecule has 2 aromatic rings. The molecule has 30 heavy (non-hydrogen) atoms. The van der Waals surface area contributed by atoms with E-state index in [1.807, 2.05) is 4.90 Å². The zero-order chi connectivity index (χ0) is 21.3. The number of carbonyl (C=O) groups is 1. The van der Waals surface area contributed by atoms with Gasteiger partial charge < -0.3 is 15.5 Å². The number of thioether (sulfide) groups is 1. The maximum absolute atomic E-state index is 11.8. The van der Waals surface area contributed by atoms with Crippen LogP contribution in [-0.2, 0) is 24.4 Å². The Bertz CT molecular complexity index is 879. The number of aryl methyl sites for hydroxylation is 1. The minimum atomic E-state index is 0.267. The molecule has 0 bridgehead atoms. The molecule has 0 aromatic heterocycles. The molecule has 3 rings (SSSR count).